The van der Waals surface area contributed by atoms with Gasteiger partial charge in [-0.3, -0.25) is 9.59 Å². The fraction of sp³-hybridized carbons (Fsp3) is 0.273. The monoisotopic (exact) mass is 433 g/mol. The van der Waals surface area contributed by atoms with E-state index >= 15 is 0 Å². The molecule has 6 nitrogen and oxygen atoms in total. The van der Waals surface area contributed by atoms with Gasteiger partial charge in [-0.15, -0.1) is 0 Å². The highest BCUT2D eigenvalue weighted by atomic mass is 35.5. The minimum absolute atomic E-state index is 0.0452. The summed E-state index contributed by atoms with van der Waals surface area (Å²) in [4.78, 5) is 26.8. The molecule has 0 saturated carbocycles. The number of methoxy groups -OCH3 is 1. The van der Waals surface area contributed by atoms with E-state index in [1.165, 1.54) is 42.3 Å². The van der Waals surface area contributed by atoms with Crippen molar-refractivity contribution in [1.29, 1.82) is 0 Å². The third-order valence-corrected chi connectivity index (χ3v) is 5.11. The molecule has 1 aliphatic rings. The second kappa shape index (κ2) is 9.28. The predicted octanol–water partition coefficient (Wildman–Crippen LogP) is 3.95. The maximum atomic E-state index is 14.6. The van der Waals surface area contributed by atoms with E-state index in [0.717, 1.165) is 0 Å². The lowest BCUT2D eigenvalue weighted by Gasteiger charge is -2.25. The number of halogens is 2. The Morgan fingerprint density at radius 3 is 2.63 bits per heavy atom. The lowest BCUT2D eigenvalue weighted by Crippen LogP contribution is -2.33. The number of nitrogens with zero attached hydrogens (tertiary/aromatic N) is 1. The fourth-order valence-electron chi connectivity index (χ4n) is 3.41. The van der Waals surface area contributed by atoms with Gasteiger partial charge in [0.2, 0.25) is 0 Å². The van der Waals surface area contributed by atoms with Gasteiger partial charge in [-0.25, -0.2) is 4.39 Å². The Morgan fingerprint density at radius 2 is 1.97 bits per heavy atom. The number of aliphatic hydroxyl groups excluding tert-OH is 1. The Bertz CT molecular complexity index is 1010. The number of hydrogen-bond donors (Lipinski definition) is 1. The Balaban J connectivity index is 2.21. The first-order valence-electron chi connectivity index (χ1n) is 9.35. The molecule has 3 rings (SSSR count). The Labute approximate surface area is 178 Å². The summed E-state index contributed by atoms with van der Waals surface area (Å²) in [7, 11) is 1.45. The lowest BCUT2D eigenvalue weighted by atomic mass is 9.95. The zero-order valence-electron chi connectivity index (χ0n) is 16.5. The molecule has 158 valence electrons. The first-order chi connectivity index (χ1) is 14.4. The number of ether oxygens (including phenoxy) is 2. The molecule has 2 aromatic rings. The molecule has 0 aliphatic carbocycles. The van der Waals surface area contributed by atoms with Crippen molar-refractivity contribution in [2.24, 2.45) is 0 Å². The van der Waals surface area contributed by atoms with Crippen LogP contribution in [0, 0.1) is 5.82 Å². The molecule has 1 amide bonds. The minimum Gasteiger partial charge on any atom is -0.507 e. The van der Waals surface area contributed by atoms with Crippen LogP contribution in [-0.2, 0) is 14.3 Å². The minimum atomic E-state index is -1.12. The second-order valence-corrected chi connectivity index (χ2v) is 6.99. The first kappa shape index (κ1) is 21.8. The maximum absolute atomic E-state index is 14.6. The molecule has 0 radical (unpaired) electrons. The molecule has 1 N–H and O–H groups in total. The van der Waals surface area contributed by atoms with Crippen molar-refractivity contribution >= 4 is 29.1 Å². The summed E-state index contributed by atoms with van der Waals surface area (Å²) in [5.41, 5.74) is -0.0307. The quantitative estimate of drug-likeness (QED) is 0.406. The van der Waals surface area contributed by atoms with E-state index < -0.39 is 29.3 Å². The molecular weight excluding hydrogens is 413 g/mol. The highest BCUT2D eigenvalue weighted by Gasteiger charge is 2.46. The highest BCUT2D eigenvalue weighted by Crippen LogP contribution is 2.41. The van der Waals surface area contributed by atoms with Crippen LogP contribution in [-0.4, -0.2) is 48.6 Å². The number of Topliss-reactive ketones (excluding diaryl/α,β-unsaturated/α-hetero) is 1. The average Bonchev–Trinajstić information content (AvgIpc) is 2.98. The van der Waals surface area contributed by atoms with Gasteiger partial charge in [-0.1, -0.05) is 29.8 Å². The fourth-order valence-corrected chi connectivity index (χ4v) is 3.61. The number of rotatable bonds is 7. The van der Waals surface area contributed by atoms with Crippen LogP contribution in [0.2, 0.25) is 5.02 Å². The van der Waals surface area contributed by atoms with Gasteiger partial charge in [0.25, 0.3) is 11.7 Å². The van der Waals surface area contributed by atoms with Crippen molar-refractivity contribution < 1.29 is 28.6 Å². The third-order valence-electron chi connectivity index (χ3n) is 4.78. The third kappa shape index (κ3) is 4.04. The van der Waals surface area contributed by atoms with E-state index in [9.17, 15) is 19.1 Å². The van der Waals surface area contributed by atoms with Crippen LogP contribution in [0.15, 0.2) is 48.0 Å². The number of carbonyl (C=O) groups excluding carboxylic acids is 2. The van der Waals surface area contributed by atoms with Crippen LogP contribution in [0.3, 0.4) is 0 Å². The van der Waals surface area contributed by atoms with E-state index in [4.69, 9.17) is 21.1 Å². The van der Waals surface area contributed by atoms with Crippen LogP contribution < -0.4 is 4.74 Å². The number of benzene rings is 2. The summed E-state index contributed by atoms with van der Waals surface area (Å²) in [6, 6.07) is 9.29. The van der Waals surface area contributed by atoms with Crippen molar-refractivity contribution in [3.63, 3.8) is 0 Å². The normalized spacial score (nSPS) is 18.1. The van der Waals surface area contributed by atoms with Crippen molar-refractivity contribution in [3.8, 4) is 5.75 Å². The summed E-state index contributed by atoms with van der Waals surface area (Å²) in [5, 5.41) is 11.2. The van der Waals surface area contributed by atoms with E-state index in [1.54, 1.807) is 19.1 Å². The highest BCUT2D eigenvalue weighted by molar-refractivity contribution is 6.47. The van der Waals surface area contributed by atoms with E-state index in [0.29, 0.717) is 12.4 Å². The summed E-state index contributed by atoms with van der Waals surface area (Å²) >= 11 is 6.25. The molecule has 1 saturated heterocycles. The van der Waals surface area contributed by atoms with Gasteiger partial charge in [0.1, 0.15) is 17.3 Å². The number of amides is 1. The van der Waals surface area contributed by atoms with E-state index in [-0.39, 0.29) is 34.9 Å². The topological polar surface area (TPSA) is 76.1 Å². The molecule has 1 heterocycles. The molecule has 0 aromatic heterocycles. The summed E-state index contributed by atoms with van der Waals surface area (Å²) in [5.74, 6) is -2.44. The first-order valence-corrected chi connectivity index (χ1v) is 9.73. The smallest absolute Gasteiger partial charge is 0.295 e. The maximum Gasteiger partial charge on any atom is 0.295 e. The van der Waals surface area contributed by atoms with Crippen molar-refractivity contribution in [2.75, 3.05) is 26.9 Å². The van der Waals surface area contributed by atoms with Crippen molar-refractivity contribution in [2.45, 2.75) is 13.0 Å². The van der Waals surface area contributed by atoms with Crippen LogP contribution in [0.25, 0.3) is 5.76 Å². The zero-order valence-corrected chi connectivity index (χ0v) is 17.3. The summed E-state index contributed by atoms with van der Waals surface area (Å²) in [6.45, 7) is 2.37. The van der Waals surface area contributed by atoms with Gasteiger partial charge in [0, 0.05) is 24.8 Å². The molecule has 2 aromatic carbocycles. The van der Waals surface area contributed by atoms with Gasteiger partial charge in [0.05, 0.1) is 29.9 Å². The van der Waals surface area contributed by atoms with Crippen LogP contribution in [0.1, 0.15) is 24.1 Å². The molecule has 8 heteroatoms. The largest absolute Gasteiger partial charge is 0.507 e. The summed E-state index contributed by atoms with van der Waals surface area (Å²) < 4.78 is 25.1. The van der Waals surface area contributed by atoms with E-state index in [1.807, 2.05) is 0 Å². The number of aliphatic hydroxyl groups is 1. The molecule has 0 spiro atoms. The molecule has 1 aliphatic heterocycles. The lowest BCUT2D eigenvalue weighted by molar-refractivity contribution is -0.140. The SMILES string of the molecule is CCOc1ccc(Cl)c(/C(O)=C2\C(=O)C(=O)N(CCOC)C2c2ccccc2F)c1. The molecule has 1 atom stereocenters. The second-order valence-electron chi connectivity index (χ2n) is 6.58. The van der Waals surface area contributed by atoms with Crippen molar-refractivity contribution in [1.82, 2.24) is 4.90 Å². The van der Waals surface area contributed by atoms with Gasteiger partial charge in [-0.05, 0) is 31.2 Å². The van der Waals surface area contributed by atoms with Crippen molar-refractivity contribution in [3.05, 3.63) is 70.0 Å². The molecule has 0 bridgehead atoms. The molecule has 30 heavy (non-hydrogen) atoms. The van der Waals surface area contributed by atoms with Gasteiger partial charge < -0.3 is 19.5 Å². The average molecular weight is 434 g/mol. The number of hydrogen-bond acceptors (Lipinski definition) is 5. The zero-order chi connectivity index (χ0) is 21.8. The number of likely N-dealkylation sites (tertiary alicyclic amines) is 1. The van der Waals surface area contributed by atoms with Crippen LogP contribution in [0.4, 0.5) is 4.39 Å². The molecule has 1 fully saturated rings. The Kier molecular flexibility index (Phi) is 6.74. The van der Waals surface area contributed by atoms with Gasteiger partial charge >= 0.3 is 0 Å². The van der Waals surface area contributed by atoms with E-state index in [2.05, 4.69) is 0 Å². The summed E-state index contributed by atoms with van der Waals surface area (Å²) in [6.07, 6.45) is 0. The predicted molar refractivity (Wildman–Crippen MR) is 110 cm³/mol. The van der Waals surface area contributed by atoms with Gasteiger partial charge in [-0.2, -0.15) is 0 Å². The van der Waals surface area contributed by atoms with Gasteiger partial charge in [0.15, 0.2) is 0 Å². The standard InChI is InChI=1S/C22H21ClFNO5/c1-3-30-13-8-9-16(23)15(12-13)20(26)18-19(14-6-4-5-7-17(14)24)25(10-11-29-2)22(28)21(18)27/h4-9,12,19,26H,3,10-11H2,1-2H3/b20-18+. The van der Waals surface area contributed by atoms with Crippen LogP contribution in [0.5, 0.6) is 5.75 Å². The molecular formula is C22H21ClFNO5. The number of carbonyl (C=O) groups is 2. The molecule has 1 unspecified atom stereocenters. The van der Waals surface area contributed by atoms with Crippen LogP contribution >= 0.6 is 11.6 Å². The Hall–Kier alpha value is -2.90. The number of ketones is 1. The Morgan fingerprint density at radius 1 is 1.23 bits per heavy atom.